The molecule has 3 fully saturated rings. The van der Waals surface area contributed by atoms with Crippen molar-refractivity contribution in [2.75, 3.05) is 0 Å². The van der Waals surface area contributed by atoms with Gasteiger partial charge in [-0.15, -0.1) is 0 Å². The topological polar surface area (TPSA) is 68.2 Å². The van der Waals surface area contributed by atoms with Gasteiger partial charge in [0.05, 0.1) is 0 Å². The highest BCUT2D eigenvalue weighted by atomic mass is 16.8. The first-order chi connectivity index (χ1) is 5.95. The van der Waals surface area contributed by atoms with Gasteiger partial charge in [0.1, 0.15) is 18.3 Å². The Morgan fingerprint density at radius 1 is 1.15 bits per heavy atom. The molecule has 0 aromatic carbocycles. The maximum Gasteiger partial charge on any atom is 0.190 e. The Hall–Kier alpha value is -0.200. The molecule has 0 bridgehead atoms. The van der Waals surface area contributed by atoms with E-state index in [-0.39, 0.29) is 0 Å². The maximum atomic E-state index is 9.86. The summed E-state index contributed by atoms with van der Waals surface area (Å²) in [5, 5.41) is 19.2. The van der Waals surface area contributed by atoms with E-state index in [9.17, 15) is 10.2 Å². The van der Waals surface area contributed by atoms with Gasteiger partial charge in [0.15, 0.2) is 17.7 Å². The summed E-state index contributed by atoms with van der Waals surface area (Å²) in [4.78, 5) is 0. The standard InChI is InChI=1S/C8H12O5/c1-7(2)12-5-6(13-7)11-4-3(9)8(4,5)10/h3-6,9-10H,1-2H3/t3?,4-,5+,6-,8+/m1/s1. The lowest BCUT2D eigenvalue weighted by atomic mass is 10.2. The molecule has 0 radical (unpaired) electrons. The minimum absolute atomic E-state index is 0.529. The molecule has 2 heterocycles. The lowest BCUT2D eigenvalue weighted by Gasteiger charge is -2.18. The van der Waals surface area contributed by atoms with Gasteiger partial charge in [0.2, 0.25) is 0 Å². The van der Waals surface area contributed by atoms with Crippen LogP contribution < -0.4 is 0 Å². The minimum atomic E-state index is -1.24. The monoisotopic (exact) mass is 188 g/mol. The van der Waals surface area contributed by atoms with Crippen molar-refractivity contribution < 1.29 is 24.4 Å². The highest BCUT2D eigenvalue weighted by molar-refractivity contribution is 5.25. The first-order valence-electron chi connectivity index (χ1n) is 4.37. The first-order valence-corrected chi connectivity index (χ1v) is 4.37. The second-order valence-electron chi connectivity index (χ2n) is 4.31. The molecule has 5 atom stereocenters. The highest BCUT2D eigenvalue weighted by Crippen LogP contribution is 2.55. The van der Waals surface area contributed by atoms with Gasteiger partial charge in [0, 0.05) is 0 Å². The van der Waals surface area contributed by atoms with Gasteiger partial charge in [-0.05, 0) is 13.8 Å². The van der Waals surface area contributed by atoms with Crippen LogP contribution >= 0.6 is 0 Å². The van der Waals surface area contributed by atoms with E-state index in [4.69, 9.17) is 14.2 Å². The Kier molecular flexibility index (Phi) is 1.20. The average molecular weight is 188 g/mol. The second kappa shape index (κ2) is 1.92. The molecule has 2 aliphatic heterocycles. The summed E-state index contributed by atoms with van der Waals surface area (Å²) >= 11 is 0. The molecular formula is C8H12O5. The van der Waals surface area contributed by atoms with E-state index in [1.807, 2.05) is 0 Å². The summed E-state index contributed by atoms with van der Waals surface area (Å²) in [6, 6.07) is 0. The Bertz CT molecular complexity index is 265. The van der Waals surface area contributed by atoms with Crippen LogP contribution in [0.4, 0.5) is 0 Å². The molecule has 0 aromatic heterocycles. The summed E-state index contributed by atoms with van der Waals surface area (Å²) in [6.45, 7) is 3.50. The fourth-order valence-corrected chi connectivity index (χ4v) is 2.14. The zero-order chi connectivity index (χ0) is 9.43. The van der Waals surface area contributed by atoms with Gasteiger partial charge >= 0.3 is 0 Å². The predicted molar refractivity (Wildman–Crippen MR) is 39.7 cm³/mol. The molecule has 1 saturated carbocycles. The van der Waals surface area contributed by atoms with Crippen LogP contribution in [0, 0.1) is 0 Å². The van der Waals surface area contributed by atoms with E-state index in [0.717, 1.165) is 0 Å². The third kappa shape index (κ3) is 0.793. The molecule has 3 aliphatic rings. The van der Waals surface area contributed by atoms with Crippen molar-refractivity contribution in [2.24, 2.45) is 0 Å². The molecule has 0 amide bonds. The van der Waals surface area contributed by atoms with Crippen LogP contribution in [-0.2, 0) is 14.2 Å². The van der Waals surface area contributed by atoms with Gasteiger partial charge in [-0.2, -0.15) is 0 Å². The average Bonchev–Trinajstić information content (AvgIpc) is 2.39. The quantitative estimate of drug-likeness (QED) is 0.508. The Balaban J connectivity index is 1.88. The first kappa shape index (κ1) is 8.14. The zero-order valence-electron chi connectivity index (χ0n) is 7.43. The number of aliphatic hydroxyl groups excluding tert-OH is 1. The van der Waals surface area contributed by atoms with Crippen molar-refractivity contribution in [2.45, 2.75) is 49.8 Å². The normalized spacial score (nSPS) is 61.8. The number of ether oxygens (including phenoxy) is 3. The number of aliphatic hydroxyl groups is 2. The van der Waals surface area contributed by atoms with Crippen LogP contribution in [0.15, 0.2) is 0 Å². The lowest BCUT2D eigenvalue weighted by Crippen LogP contribution is -2.37. The molecule has 1 unspecified atom stereocenters. The smallest absolute Gasteiger partial charge is 0.190 e. The van der Waals surface area contributed by atoms with Gasteiger partial charge in [-0.1, -0.05) is 0 Å². The van der Waals surface area contributed by atoms with Crippen LogP contribution in [-0.4, -0.2) is 46.2 Å². The summed E-state index contributed by atoms with van der Waals surface area (Å²) in [5.41, 5.74) is -1.24. The van der Waals surface area contributed by atoms with Crippen molar-refractivity contribution in [1.82, 2.24) is 0 Å². The molecule has 2 N–H and O–H groups in total. The van der Waals surface area contributed by atoms with E-state index in [2.05, 4.69) is 0 Å². The largest absolute Gasteiger partial charge is 0.387 e. The van der Waals surface area contributed by atoms with Crippen LogP contribution in [0.2, 0.25) is 0 Å². The van der Waals surface area contributed by atoms with Crippen molar-refractivity contribution in [3.8, 4) is 0 Å². The van der Waals surface area contributed by atoms with Crippen LogP contribution in [0.3, 0.4) is 0 Å². The Morgan fingerprint density at radius 2 is 1.85 bits per heavy atom. The lowest BCUT2D eigenvalue weighted by molar-refractivity contribution is -0.201. The van der Waals surface area contributed by atoms with Crippen molar-refractivity contribution in [3.63, 3.8) is 0 Å². The molecule has 0 spiro atoms. The molecule has 74 valence electrons. The Morgan fingerprint density at radius 3 is 2.54 bits per heavy atom. The van der Waals surface area contributed by atoms with E-state index in [0.29, 0.717) is 0 Å². The van der Waals surface area contributed by atoms with Gasteiger partial charge < -0.3 is 24.4 Å². The van der Waals surface area contributed by atoms with Crippen molar-refractivity contribution in [3.05, 3.63) is 0 Å². The van der Waals surface area contributed by atoms with E-state index < -0.39 is 36.0 Å². The number of rotatable bonds is 0. The molecule has 5 nitrogen and oxygen atoms in total. The molecule has 0 aromatic rings. The summed E-state index contributed by atoms with van der Waals surface area (Å²) < 4.78 is 16.1. The molecule has 1 aliphatic carbocycles. The zero-order valence-corrected chi connectivity index (χ0v) is 7.43. The van der Waals surface area contributed by atoms with Crippen molar-refractivity contribution in [1.29, 1.82) is 0 Å². The Labute approximate surface area is 75.2 Å². The number of fused-ring (bicyclic) bond motifs is 3. The van der Waals surface area contributed by atoms with Crippen LogP contribution in [0.25, 0.3) is 0 Å². The fraction of sp³-hybridized carbons (Fsp3) is 1.00. The molecule has 5 heteroatoms. The predicted octanol–water partition coefficient (Wildman–Crippen LogP) is -1.03. The van der Waals surface area contributed by atoms with Crippen molar-refractivity contribution >= 4 is 0 Å². The maximum absolute atomic E-state index is 9.86. The molecule has 2 saturated heterocycles. The summed E-state index contributed by atoms with van der Waals surface area (Å²) in [5.74, 6) is -0.738. The number of hydrogen-bond acceptors (Lipinski definition) is 5. The third-order valence-corrected chi connectivity index (χ3v) is 2.90. The molecular weight excluding hydrogens is 176 g/mol. The van der Waals surface area contributed by atoms with Gasteiger partial charge in [-0.25, -0.2) is 0 Å². The minimum Gasteiger partial charge on any atom is -0.387 e. The van der Waals surface area contributed by atoms with E-state index >= 15 is 0 Å². The second-order valence-corrected chi connectivity index (χ2v) is 4.31. The van der Waals surface area contributed by atoms with Crippen LogP contribution in [0.5, 0.6) is 0 Å². The summed E-state index contributed by atoms with van der Waals surface area (Å²) in [6.07, 6.45) is -2.44. The highest BCUT2D eigenvalue weighted by Gasteiger charge is 2.80. The molecule has 3 rings (SSSR count). The summed E-state index contributed by atoms with van der Waals surface area (Å²) in [7, 11) is 0. The SMILES string of the molecule is CC1(C)O[C@H]2O[C@@H]3C(O)[C@@]3(O)[C@H]2O1. The van der Waals surface area contributed by atoms with Gasteiger partial charge in [-0.3, -0.25) is 0 Å². The van der Waals surface area contributed by atoms with E-state index in [1.165, 1.54) is 0 Å². The third-order valence-electron chi connectivity index (χ3n) is 2.90. The van der Waals surface area contributed by atoms with E-state index in [1.54, 1.807) is 13.8 Å². The molecule has 13 heavy (non-hydrogen) atoms. The van der Waals surface area contributed by atoms with Gasteiger partial charge in [0.25, 0.3) is 0 Å². The fourth-order valence-electron chi connectivity index (χ4n) is 2.14. The van der Waals surface area contributed by atoms with Crippen LogP contribution in [0.1, 0.15) is 13.8 Å². The number of hydrogen-bond donors (Lipinski definition) is 2.